The highest BCUT2D eigenvalue weighted by Crippen LogP contribution is 2.33. The largest absolute Gasteiger partial charge is 0.336 e. The van der Waals surface area contributed by atoms with Crippen molar-refractivity contribution in [3.63, 3.8) is 0 Å². The van der Waals surface area contributed by atoms with Crippen LogP contribution in [0.2, 0.25) is 0 Å². The molecule has 1 aliphatic carbocycles. The summed E-state index contributed by atoms with van der Waals surface area (Å²) in [4.78, 5) is 11.4. The minimum absolute atomic E-state index is 0.0208. The Labute approximate surface area is 86.6 Å². The van der Waals surface area contributed by atoms with E-state index in [0.29, 0.717) is 6.04 Å². The molecule has 2 amide bonds. The Morgan fingerprint density at radius 2 is 2.00 bits per heavy atom. The van der Waals surface area contributed by atoms with Gasteiger partial charge in [-0.25, -0.2) is 4.79 Å². The average Bonchev–Trinajstić information content (AvgIpc) is 2.85. The second-order valence-corrected chi connectivity index (χ2v) is 4.56. The summed E-state index contributed by atoms with van der Waals surface area (Å²) in [5, 5.41) is 5.87. The minimum Gasteiger partial charge on any atom is -0.336 e. The van der Waals surface area contributed by atoms with Crippen LogP contribution in [0.25, 0.3) is 0 Å². The van der Waals surface area contributed by atoms with Crippen LogP contribution in [0.15, 0.2) is 0 Å². The van der Waals surface area contributed by atoms with Crippen LogP contribution in [0.1, 0.15) is 46.5 Å². The van der Waals surface area contributed by atoms with Crippen molar-refractivity contribution in [1.29, 1.82) is 0 Å². The number of hydrogen-bond donors (Lipinski definition) is 2. The summed E-state index contributed by atoms with van der Waals surface area (Å²) >= 11 is 0. The quantitative estimate of drug-likeness (QED) is 0.699. The molecule has 14 heavy (non-hydrogen) atoms. The smallest absolute Gasteiger partial charge is 0.315 e. The number of carbonyl (C=O) groups excluding carboxylic acids is 1. The fourth-order valence-electron chi connectivity index (χ4n) is 1.57. The van der Waals surface area contributed by atoms with Crippen molar-refractivity contribution in [3.05, 3.63) is 0 Å². The standard InChI is InChI=1S/C11H22N2O/c1-4-10(7-9-5-6-9)13-11(14)12-8(2)3/h8-10H,4-7H2,1-3H3,(H2,12,13,14). The fraction of sp³-hybridized carbons (Fsp3) is 0.909. The van der Waals surface area contributed by atoms with Gasteiger partial charge in [-0.1, -0.05) is 19.8 Å². The van der Waals surface area contributed by atoms with E-state index in [1.54, 1.807) is 0 Å². The maximum Gasteiger partial charge on any atom is 0.315 e. The zero-order valence-corrected chi connectivity index (χ0v) is 9.47. The third-order valence-electron chi connectivity index (χ3n) is 2.56. The van der Waals surface area contributed by atoms with Crippen LogP contribution >= 0.6 is 0 Å². The second-order valence-electron chi connectivity index (χ2n) is 4.56. The highest BCUT2D eigenvalue weighted by atomic mass is 16.2. The van der Waals surface area contributed by atoms with Crippen molar-refractivity contribution in [2.24, 2.45) is 5.92 Å². The number of hydrogen-bond acceptors (Lipinski definition) is 1. The summed E-state index contributed by atoms with van der Waals surface area (Å²) in [6.45, 7) is 6.07. The van der Waals surface area contributed by atoms with Crippen molar-refractivity contribution in [3.8, 4) is 0 Å². The van der Waals surface area contributed by atoms with Gasteiger partial charge in [0.1, 0.15) is 0 Å². The fourth-order valence-corrected chi connectivity index (χ4v) is 1.57. The molecular weight excluding hydrogens is 176 g/mol. The van der Waals surface area contributed by atoms with Crippen LogP contribution in [0.4, 0.5) is 4.79 Å². The van der Waals surface area contributed by atoms with Crippen LogP contribution in [0.5, 0.6) is 0 Å². The van der Waals surface area contributed by atoms with Gasteiger partial charge in [0.25, 0.3) is 0 Å². The molecule has 1 unspecified atom stereocenters. The van der Waals surface area contributed by atoms with Gasteiger partial charge >= 0.3 is 6.03 Å². The minimum atomic E-state index is -0.0208. The summed E-state index contributed by atoms with van der Waals surface area (Å²) < 4.78 is 0. The molecule has 0 aliphatic heterocycles. The Morgan fingerprint density at radius 1 is 1.36 bits per heavy atom. The number of carbonyl (C=O) groups is 1. The molecule has 0 aromatic heterocycles. The van der Waals surface area contributed by atoms with Crippen LogP contribution in [-0.2, 0) is 0 Å². The predicted octanol–water partition coefficient (Wildman–Crippen LogP) is 2.27. The van der Waals surface area contributed by atoms with Gasteiger partial charge in [0.2, 0.25) is 0 Å². The van der Waals surface area contributed by atoms with Crippen molar-refractivity contribution in [2.75, 3.05) is 0 Å². The van der Waals surface area contributed by atoms with E-state index < -0.39 is 0 Å². The van der Waals surface area contributed by atoms with Gasteiger partial charge in [-0.05, 0) is 32.6 Å². The third-order valence-corrected chi connectivity index (χ3v) is 2.56. The van der Waals surface area contributed by atoms with E-state index in [1.165, 1.54) is 12.8 Å². The van der Waals surface area contributed by atoms with Crippen LogP contribution in [0, 0.1) is 5.92 Å². The zero-order chi connectivity index (χ0) is 10.6. The van der Waals surface area contributed by atoms with Crippen molar-refractivity contribution < 1.29 is 4.79 Å². The predicted molar refractivity (Wildman–Crippen MR) is 58.2 cm³/mol. The highest BCUT2D eigenvalue weighted by molar-refractivity contribution is 5.74. The molecule has 82 valence electrons. The lowest BCUT2D eigenvalue weighted by Crippen LogP contribution is -2.44. The van der Waals surface area contributed by atoms with Crippen LogP contribution < -0.4 is 10.6 Å². The molecule has 0 radical (unpaired) electrons. The maximum absolute atomic E-state index is 11.4. The van der Waals surface area contributed by atoms with Crippen molar-refractivity contribution in [1.82, 2.24) is 10.6 Å². The Bertz CT molecular complexity index is 188. The number of amides is 2. The average molecular weight is 198 g/mol. The van der Waals surface area contributed by atoms with E-state index in [-0.39, 0.29) is 12.1 Å². The molecule has 0 aromatic rings. The van der Waals surface area contributed by atoms with Gasteiger partial charge in [-0.15, -0.1) is 0 Å². The van der Waals surface area contributed by atoms with E-state index in [2.05, 4.69) is 17.6 Å². The normalized spacial score (nSPS) is 18.0. The van der Waals surface area contributed by atoms with Gasteiger partial charge < -0.3 is 10.6 Å². The Morgan fingerprint density at radius 3 is 2.43 bits per heavy atom. The molecule has 1 atom stereocenters. The van der Waals surface area contributed by atoms with Gasteiger partial charge in [-0.3, -0.25) is 0 Å². The monoisotopic (exact) mass is 198 g/mol. The lowest BCUT2D eigenvalue weighted by molar-refractivity contribution is 0.233. The summed E-state index contributed by atoms with van der Waals surface area (Å²) in [6.07, 6.45) is 4.89. The molecule has 1 aliphatic rings. The maximum atomic E-state index is 11.4. The molecule has 0 heterocycles. The topological polar surface area (TPSA) is 41.1 Å². The van der Waals surface area contributed by atoms with Crippen molar-refractivity contribution in [2.45, 2.75) is 58.5 Å². The summed E-state index contributed by atoms with van der Waals surface area (Å²) in [5.74, 6) is 0.874. The molecule has 3 heteroatoms. The van der Waals surface area contributed by atoms with E-state index in [0.717, 1.165) is 18.8 Å². The molecule has 2 N–H and O–H groups in total. The summed E-state index contributed by atoms with van der Waals surface area (Å²) in [7, 11) is 0. The number of nitrogens with one attached hydrogen (secondary N) is 2. The van der Waals surface area contributed by atoms with Crippen molar-refractivity contribution >= 4 is 6.03 Å². The number of urea groups is 1. The molecule has 1 rings (SSSR count). The van der Waals surface area contributed by atoms with E-state index in [4.69, 9.17) is 0 Å². The molecular formula is C11H22N2O. The summed E-state index contributed by atoms with van der Waals surface area (Å²) in [5.41, 5.74) is 0. The highest BCUT2D eigenvalue weighted by Gasteiger charge is 2.25. The van der Waals surface area contributed by atoms with E-state index in [9.17, 15) is 4.79 Å². The van der Waals surface area contributed by atoms with E-state index in [1.807, 2.05) is 13.8 Å². The first-order chi connectivity index (χ1) is 6.61. The SMILES string of the molecule is CCC(CC1CC1)NC(=O)NC(C)C. The van der Waals surface area contributed by atoms with E-state index >= 15 is 0 Å². The summed E-state index contributed by atoms with van der Waals surface area (Å²) in [6, 6.07) is 0.558. The molecule has 0 spiro atoms. The molecule has 0 saturated heterocycles. The van der Waals surface area contributed by atoms with Crippen LogP contribution in [-0.4, -0.2) is 18.1 Å². The Balaban J connectivity index is 2.20. The lowest BCUT2D eigenvalue weighted by Gasteiger charge is -2.18. The number of rotatable bonds is 5. The van der Waals surface area contributed by atoms with Gasteiger partial charge in [0, 0.05) is 12.1 Å². The molecule has 1 saturated carbocycles. The van der Waals surface area contributed by atoms with Gasteiger partial charge in [0.15, 0.2) is 0 Å². The second kappa shape index (κ2) is 5.23. The first-order valence-electron chi connectivity index (χ1n) is 5.68. The first kappa shape index (κ1) is 11.3. The molecule has 0 bridgehead atoms. The zero-order valence-electron chi connectivity index (χ0n) is 9.47. The third kappa shape index (κ3) is 4.49. The Kier molecular flexibility index (Phi) is 4.23. The molecule has 3 nitrogen and oxygen atoms in total. The molecule has 0 aromatic carbocycles. The van der Waals surface area contributed by atoms with Gasteiger partial charge in [0.05, 0.1) is 0 Å². The lowest BCUT2D eigenvalue weighted by atomic mass is 10.1. The van der Waals surface area contributed by atoms with Gasteiger partial charge in [-0.2, -0.15) is 0 Å². The molecule has 1 fully saturated rings. The first-order valence-corrected chi connectivity index (χ1v) is 5.68. The Hall–Kier alpha value is -0.730. The van der Waals surface area contributed by atoms with Crippen LogP contribution in [0.3, 0.4) is 0 Å².